The van der Waals surface area contributed by atoms with Gasteiger partial charge in [-0.15, -0.1) is 0 Å². The van der Waals surface area contributed by atoms with E-state index in [4.69, 9.17) is 15.2 Å². The van der Waals surface area contributed by atoms with Crippen LogP contribution in [0.15, 0.2) is 0 Å². The summed E-state index contributed by atoms with van der Waals surface area (Å²) < 4.78 is 9.92. The Morgan fingerprint density at radius 3 is 2.33 bits per heavy atom. The molecule has 0 atom stereocenters. The number of methoxy groups -OCH3 is 2. The first-order chi connectivity index (χ1) is 4.35. The van der Waals surface area contributed by atoms with E-state index in [1.54, 1.807) is 14.2 Å². The third kappa shape index (κ3) is 4.59. The monoisotopic (exact) mass is 149 g/mol. The molecule has 0 aliphatic heterocycles. The molecule has 0 unspecified atom stereocenters. The maximum Gasteiger partial charge on any atom is 0.154 e. The number of rotatable bonds is 5. The Bertz CT molecular complexity index is 58.9. The largest absolute Gasteiger partial charge is 0.356 e. The van der Waals surface area contributed by atoms with Crippen LogP contribution in [0.1, 0.15) is 0 Å². The first kappa shape index (κ1) is 9.10. The van der Waals surface area contributed by atoms with Gasteiger partial charge in [0.15, 0.2) is 6.29 Å². The molecular weight excluding hydrogens is 134 g/mol. The van der Waals surface area contributed by atoms with E-state index < -0.39 is 0 Å². The molecule has 0 aliphatic rings. The van der Waals surface area contributed by atoms with Crippen LogP contribution in [0.3, 0.4) is 0 Å². The molecule has 0 bridgehead atoms. The van der Waals surface area contributed by atoms with Gasteiger partial charge < -0.3 is 15.2 Å². The maximum absolute atomic E-state index is 5.34. The van der Waals surface area contributed by atoms with E-state index >= 15 is 0 Å². The summed E-state index contributed by atoms with van der Waals surface area (Å²) in [5.74, 6) is 0. The molecular formula is C5H15NO2Si. The van der Waals surface area contributed by atoms with Gasteiger partial charge in [0, 0.05) is 23.7 Å². The lowest BCUT2D eigenvalue weighted by molar-refractivity contribution is -0.0876. The van der Waals surface area contributed by atoms with Crippen LogP contribution in [0.4, 0.5) is 0 Å². The van der Waals surface area contributed by atoms with Gasteiger partial charge in [-0.2, -0.15) is 0 Å². The summed E-state index contributed by atoms with van der Waals surface area (Å²) in [6.45, 7) is 0. The van der Waals surface area contributed by atoms with Crippen molar-refractivity contribution in [3.05, 3.63) is 0 Å². The van der Waals surface area contributed by atoms with Gasteiger partial charge in [0.05, 0.1) is 0 Å². The molecule has 0 rings (SSSR count). The minimum absolute atomic E-state index is 0.0137. The molecule has 56 valence electrons. The van der Waals surface area contributed by atoms with Crippen molar-refractivity contribution in [3.8, 4) is 0 Å². The lowest BCUT2D eigenvalue weighted by Gasteiger charge is -2.11. The SMILES string of the molecule is COC(C[SiH2]CN)OC. The van der Waals surface area contributed by atoms with Crippen LogP contribution in [0, 0.1) is 0 Å². The Hall–Kier alpha value is 0.0969. The van der Waals surface area contributed by atoms with Crippen molar-refractivity contribution in [1.29, 1.82) is 0 Å². The van der Waals surface area contributed by atoms with Gasteiger partial charge in [0.2, 0.25) is 0 Å². The van der Waals surface area contributed by atoms with Gasteiger partial charge in [0.25, 0.3) is 0 Å². The van der Waals surface area contributed by atoms with E-state index in [2.05, 4.69) is 0 Å². The normalized spacial score (nSPS) is 12.0. The van der Waals surface area contributed by atoms with Crippen molar-refractivity contribution in [2.24, 2.45) is 5.73 Å². The zero-order valence-electron chi connectivity index (χ0n) is 6.09. The molecule has 0 heterocycles. The highest BCUT2D eigenvalue weighted by Gasteiger charge is 2.02. The van der Waals surface area contributed by atoms with Crippen molar-refractivity contribution in [2.75, 3.05) is 20.4 Å². The Labute approximate surface area is 58.3 Å². The second-order valence-electron chi connectivity index (χ2n) is 1.83. The van der Waals surface area contributed by atoms with Crippen LogP contribution in [0.2, 0.25) is 6.04 Å². The summed E-state index contributed by atoms with van der Waals surface area (Å²) >= 11 is 0. The molecule has 0 spiro atoms. The van der Waals surface area contributed by atoms with E-state index in [0.717, 1.165) is 12.2 Å². The summed E-state index contributed by atoms with van der Waals surface area (Å²) in [5, 5.41) is 0. The van der Waals surface area contributed by atoms with E-state index in [0.29, 0.717) is 0 Å². The number of hydrogen-bond donors (Lipinski definition) is 1. The molecule has 0 aromatic carbocycles. The van der Waals surface area contributed by atoms with Crippen LogP contribution in [-0.2, 0) is 9.47 Å². The van der Waals surface area contributed by atoms with E-state index in [-0.39, 0.29) is 15.8 Å². The molecule has 0 saturated carbocycles. The van der Waals surface area contributed by atoms with Gasteiger partial charge in [0.1, 0.15) is 0 Å². The van der Waals surface area contributed by atoms with Gasteiger partial charge in [-0.3, -0.25) is 0 Å². The zero-order valence-corrected chi connectivity index (χ0v) is 7.51. The maximum atomic E-state index is 5.34. The van der Waals surface area contributed by atoms with Crippen LogP contribution in [-0.4, -0.2) is 36.2 Å². The lowest BCUT2D eigenvalue weighted by atomic mass is 10.7. The highest BCUT2D eigenvalue weighted by atomic mass is 28.2. The zero-order chi connectivity index (χ0) is 7.11. The fraction of sp³-hybridized carbons (Fsp3) is 1.00. The Morgan fingerprint density at radius 2 is 2.00 bits per heavy atom. The average molecular weight is 149 g/mol. The minimum atomic E-state index is -0.120. The molecule has 0 aromatic heterocycles. The topological polar surface area (TPSA) is 44.5 Å². The molecule has 9 heavy (non-hydrogen) atoms. The molecule has 0 saturated heterocycles. The quantitative estimate of drug-likeness (QED) is 0.407. The van der Waals surface area contributed by atoms with Crippen molar-refractivity contribution < 1.29 is 9.47 Å². The van der Waals surface area contributed by atoms with Gasteiger partial charge in [-0.05, 0) is 12.2 Å². The summed E-state index contributed by atoms with van der Waals surface area (Å²) in [7, 11) is 3.18. The smallest absolute Gasteiger partial charge is 0.154 e. The summed E-state index contributed by atoms with van der Waals surface area (Å²) in [6.07, 6.45) is 0.823. The summed E-state index contributed by atoms with van der Waals surface area (Å²) in [4.78, 5) is 0. The number of hydrogen-bond acceptors (Lipinski definition) is 3. The number of nitrogens with two attached hydrogens (primary N) is 1. The minimum Gasteiger partial charge on any atom is -0.356 e. The van der Waals surface area contributed by atoms with E-state index in [1.807, 2.05) is 0 Å². The molecule has 0 fully saturated rings. The van der Waals surface area contributed by atoms with Crippen LogP contribution in [0.5, 0.6) is 0 Å². The Kier molecular flexibility index (Phi) is 6.29. The highest BCUT2D eigenvalue weighted by molar-refractivity contribution is 6.35. The van der Waals surface area contributed by atoms with Gasteiger partial charge in [-0.25, -0.2) is 0 Å². The first-order valence-corrected chi connectivity index (χ1v) is 5.10. The van der Waals surface area contributed by atoms with Crippen molar-refractivity contribution in [3.63, 3.8) is 0 Å². The molecule has 0 amide bonds. The predicted molar refractivity (Wildman–Crippen MR) is 40.2 cm³/mol. The van der Waals surface area contributed by atoms with E-state index in [1.165, 1.54) is 0 Å². The fourth-order valence-corrected chi connectivity index (χ4v) is 1.66. The van der Waals surface area contributed by atoms with Crippen LogP contribution >= 0.6 is 0 Å². The average Bonchev–Trinajstić information content (AvgIpc) is 1.91. The summed E-state index contributed by atoms with van der Waals surface area (Å²) in [5.41, 5.74) is 5.34. The van der Waals surface area contributed by atoms with Gasteiger partial charge >= 0.3 is 0 Å². The van der Waals surface area contributed by atoms with Crippen LogP contribution < -0.4 is 5.73 Å². The van der Waals surface area contributed by atoms with Crippen LogP contribution in [0.25, 0.3) is 0 Å². The Morgan fingerprint density at radius 1 is 1.44 bits per heavy atom. The fourth-order valence-electron chi connectivity index (χ4n) is 0.616. The van der Waals surface area contributed by atoms with Crippen molar-refractivity contribution >= 4 is 9.52 Å². The Balaban J connectivity index is 3.09. The lowest BCUT2D eigenvalue weighted by Crippen LogP contribution is -2.19. The molecule has 0 aromatic rings. The second-order valence-corrected chi connectivity index (χ2v) is 3.69. The van der Waals surface area contributed by atoms with Crippen molar-refractivity contribution in [2.45, 2.75) is 12.3 Å². The summed E-state index contributed by atoms with van der Waals surface area (Å²) in [6, 6.07) is 1.02. The first-order valence-electron chi connectivity index (χ1n) is 3.10. The third-order valence-electron chi connectivity index (χ3n) is 1.17. The van der Waals surface area contributed by atoms with Crippen molar-refractivity contribution in [1.82, 2.24) is 0 Å². The van der Waals surface area contributed by atoms with E-state index in [9.17, 15) is 0 Å². The van der Waals surface area contributed by atoms with Gasteiger partial charge in [-0.1, -0.05) is 0 Å². The number of ether oxygens (including phenoxy) is 2. The molecule has 0 aliphatic carbocycles. The molecule has 0 radical (unpaired) electrons. The highest BCUT2D eigenvalue weighted by Crippen LogP contribution is 1.95. The molecule has 3 nitrogen and oxygen atoms in total. The molecule has 2 N–H and O–H groups in total. The second kappa shape index (κ2) is 6.22. The standard InChI is InChI=1S/C5H15NO2Si/c1-7-5(8-2)3-9-4-6/h5H,3-4,6,9H2,1-2H3. The molecule has 4 heteroatoms. The third-order valence-corrected chi connectivity index (χ3v) is 2.46. The predicted octanol–water partition coefficient (Wildman–Crippen LogP) is -0.891.